The lowest BCUT2D eigenvalue weighted by atomic mass is 10.0. The number of carbonyl (C=O) groups excluding carboxylic acids is 2. The van der Waals surface area contributed by atoms with Gasteiger partial charge in [-0.05, 0) is 89.9 Å². The molecule has 0 rings (SSSR count). The second kappa shape index (κ2) is 71.3. The first-order chi connectivity index (χ1) is 40.5. The van der Waals surface area contributed by atoms with E-state index in [4.69, 9.17) is 4.74 Å². The first kappa shape index (κ1) is 79.8. The zero-order valence-electron chi connectivity index (χ0n) is 55.2. The zero-order valence-corrected chi connectivity index (χ0v) is 55.2. The molecule has 0 saturated carbocycles. The summed E-state index contributed by atoms with van der Waals surface area (Å²) >= 11 is 0. The lowest BCUT2D eigenvalue weighted by molar-refractivity contribution is -0.143. The van der Waals surface area contributed by atoms with Gasteiger partial charge in [0.2, 0.25) is 5.91 Å². The van der Waals surface area contributed by atoms with Gasteiger partial charge < -0.3 is 20.3 Å². The molecule has 0 saturated heterocycles. The van der Waals surface area contributed by atoms with Crippen LogP contribution in [0.3, 0.4) is 0 Å². The van der Waals surface area contributed by atoms with Crippen LogP contribution in [0.5, 0.6) is 0 Å². The fourth-order valence-electron chi connectivity index (χ4n) is 11.4. The molecule has 82 heavy (non-hydrogen) atoms. The molecule has 0 fully saturated rings. The molecule has 2 unspecified atom stereocenters. The minimum Gasteiger partial charge on any atom is -0.466 e. The Balaban J connectivity index is 3.36. The summed E-state index contributed by atoms with van der Waals surface area (Å²) in [6, 6.07) is -0.625. The normalized spacial score (nSPS) is 12.8. The van der Waals surface area contributed by atoms with Crippen molar-refractivity contribution >= 4 is 11.9 Å². The summed E-state index contributed by atoms with van der Waals surface area (Å²) in [6.45, 7) is 4.90. The van der Waals surface area contributed by atoms with Gasteiger partial charge in [0.25, 0.3) is 0 Å². The lowest BCUT2D eigenvalue weighted by Crippen LogP contribution is -2.45. The highest BCUT2D eigenvalue weighted by Gasteiger charge is 2.18. The van der Waals surface area contributed by atoms with Crippen LogP contribution in [-0.4, -0.2) is 47.4 Å². The van der Waals surface area contributed by atoms with Gasteiger partial charge in [0.15, 0.2) is 0 Å². The topological polar surface area (TPSA) is 95.9 Å². The Morgan fingerprint density at radius 3 is 0.963 bits per heavy atom. The Morgan fingerprint density at radius 1 is 0.341 bits per heavy atom. The van der Waals surface area contributed by atoms with E-state index in [0.717, 1.165) is 51.4 Å². The minimum absolute atomic E-state index is 0.0100. The quantitative estimate of drug-likeness (QED) is 0.0320. The fraction of sp³-hybridized carbons (Fsp3) is 0.868. The van der Waals surface area contributed by atoms with Crippen molar-refractivity contribution in [3.05, 3.63) is 48.6 Å². The molecule has 0 aromatic carbocycles. The minimum atomic E-state index is -0.842. The molecule has 0 aromatic heterocycles. The van der Waals surface area contributed by atoms with Crippen molar-refractivity contribution in [3.8, 4) is 0 Å². The van der Waals surface area contributed by atoms with Gasteiger partial charge in [0.1, 0.15) is 0 Å². The third-order valence-electron chi connectivity index (χ3n) is 17.1. The van der Waals surface area contributed by atoms with Crippen LogP contribution in [0.15, 0.2) is 48.6 Å². The van der Waals surface area contributed by atoms with Gasteiger partial charge in [-0.3, -0.25) is 9.59 Å². The van der Waals surface area contributed by atoms with E-state index in [0.29, 0.717) is 19.4 Å². The summed E-state index contributed by atoms with van der Waals surface area (Å²) in [6.07, 6.45) is 93.6. The Morgan fingerprint density at radius 2 is 0.610 bits per heavy atom. The van der Waals surface area contributed by atoms with Gasteiger partial charge in [0.05, 0.1) is 25.4 Å². The van der Waals surface area contributed by atoms with Crippen LogP contribution in [0.4, 0.5) is 0 Å². The summed E-state index contributed by atoms with van der Waals surface area (Å²) < 4.78 is 5.48. The predicted molar refractivity (Wildman–Crippen MR) is 361 cm³/mol. The van der Waals surface area contributed by atoms with E-state index in [1.165, 1.54) is 321 Å². The number of amides is 1. The van der Waals surface area contributed by atoms with Crippen molar-refractivity contribution in [3.63, 3.8) is 0 Å². The van der Waals surface area contributed by atoms with Crippen molar-refractivity contribution in [1.29, 1.82) is 0 Å². The van der Waals surface area contributed by atoms with Crippen LogP contribution in [-0.2, 0) is 14.3 Å². The molecule has 0 spiro atoms. The Bertz CT molecular complexity index is 1370. The highest BCUT2D eigenvalue weighted by Crippen LogP contribution is 2.18. The van der Waals surface area contributed by atoms with Gasteiger partial charge in [-0.2, -0.15) is 0 Å². The predicted octanol–water partition coefficient (Wildman–Crippen LogP) is 24.0. The molecule has 0 radical (unpaired) electrons. The van der Waals surface area contributed by atoms with Crippen LogP contribution >= 0.6 is 0 Å². The van der Waals surface area contributed by atoms with E-state index in [-0.39, 0.29) is 18.5 Å². The molecule has 0 aliphatic carbocycles. The number of esters is 1. The van der Waals surface area contributed by atoms with Crippen molar-refractivity contribution in [2.24, 2.45) is 0 Å². The summed E-state index contributed by atoms with van der Waals surface area (Å²) in [7, 11) is 0. The second-order valence-electron chi connectivity index (χ2n) is 25.3. The van der Waals surface area contributed by atoms with E-state index in [2.05, 4.69) is 55.6 Å². The molecule has 3 N–H and O–H groups in total. The molecule has 0 bridgehead atoms. The number of carbonyl (C=O) groups is 2. The molecule has 0 heterocycles. The van der Waals surface area contributed by atoms with Crippen LogP contribution in [0, 0.1) is 0 Å². The van der Waals surface area contributed by atoms with E-state index in [1.54, 1.807) is 6.08 Å². The largest absolute Gasteiger partial charge is 0.466 e. The van der Waals surface area contributed by atoms with Crippen LogP contribution in [0.1, 0.15) is 399 Å². The van der Waals surface area contributed by atoms with Gasteiger partial charge in [0, 0.05) is 12.8 Å². The SMILES string of the molecule is CCCCC/C=C\CCCCCCCC(=O)OCCCCCCCCCCCCCCCCC/C=C\C/C=C\CCCCCCCCCCCCCCCCCCCC(=O)NC(CO)C(O)/C=C/CCCCCCCCCCCCCC. The summed E-state index contributed by atoms with van der Waals surface area (Å²) in [5.41, 5.74) is 0. The van der Waals surface area contributed by atoms with E-state index in [9.17, 15) is 19.8 Å². The first-order valence-electron chi connectivity index (χ1n) is 36.9. The molecule has 0 aromatic rings. The molecular weight excluding hydrogens is 1010 g/mol. The number of aliphatic hydroxyl groups is 2. The number of rotatable bonds is 69. The average molecular weight is 1150 g/mol. The number of ether oxygens (including phenoxy) is 1. The molecule has 0 aliphatic rings. The summed E-state index contributed by atoms with van der Waals surface area (Å²) in [5, 5.41) is 23.1. The third-order valence-corrected chi connectivity index (χ3v) is 17.1. The van der Waals surface area contributed by atoms with Gasteiger partial charge >= 0.3 is 5.97 Å². The number of unbranched alkanes of at least 4 members (excludes halogenated alkanes) is 52. The van der Waals surface area contributed by atoms with E-state index >= 15 is 0 Å². The van der Waals surface area contributed by atoms with Crippen LogP contribution in [0.25, 0.3) is 0 Å². The average Bonchev–Trinajstić information content (AvgIpc) is 3.48. The molecule has 482 valence electrons. The van der Waals surface area contributed by atoms with E-state index in [1.807, 2.05) is 6.08 Å². The monoisotopic (exact) mass is 1150 g/mol. The maximum atomic E-state index is 12.5. The maximum Gasteiger partial charge on any atom is 0.305 e. The lowest BCUT2D eigenvalue weighted by Gasteiger charge is -2.20. The van der Waals surface area contributed by atoms with E-state index < -0.39 is 12.1 Å². The first-order valence-corrected chi connectivity index (χ1v) is 36.9. The number of aliphatic hydroxyl groups excluding tert-OH is 2. The highest BCUT2D eigenvalue weighted by atomic mass is 16.5. The summed E-state index contributed by atoms with van der Waals surface area (Å²) in [5.74, 6) is -0.0532. The summed E-state index contributed by atoms with van der Waals surface area (Å²) in [4.78, 5) is 24.5. The Hall–Kier alpha value is -2.18. The third kappa shape index (κ3) is 67.0. The van der Waals surface area contributed by atoms with Crippen molar-refractivity contribution < 1.29 is 24.5 Å². The smallest absolute Gasteiger partial charge is 0.305 e. The molecule has 6 nitrogen and oxygen atoms in total. The maximum absolute atomic E-state index is 12.5. The zero-order chi connectivity index (χ0) is 59.2. The van der Waals surface area contributed by atoms with Gasteiger partial charge in [-0.25, -0.2) is 0 Å². The van der Waals surface area contributed by atoms with Crippen molar-refractivity contribution in [2.45, 2.75) is 411 Å². The Labute approximate surface area is 512 Å². The molecule has 2 atom stereocenters. The number of nitrogens with one attached hydrogen (secondary N) is 1. The number of hydrogen-bond acceptors (Lipinski definition) is 5. The highest BCUT2D eigenvalue weighted by molar-refractivity contribution is 5.76. The second-order valence-corrected chi connectivity index (χ2v) is 25.3. The number of allylic oxidation sites excluding steroid dienone is 7. The van der Waals surface area contributed by atoms with Crippen molar-refractivity contribution in [1.82, 2.24) is 5.32 Å². The Kier molecular flexibility index (Phi) is 69.4. The van der Waals surface area contributed by atoms with Gasteiger partial charge in [-0.1, -0.05) is 345 Å². The standard InChI is InChI=1S/C76H143NO5/c1-3-5-7-9-11-13-15-17-45-48-52-56-60-64-68-74(79)73(72-78)77-75(80)69-65-61-57-53-49-46-43-41-39-37-35-33-31-29-27-25-23-21-19-18-20-22-24-26-28-30-32-34-36-38-40-42-44-47-51-55-59-63-67-71-82-76(81)70-66-62-58-54-50-16-14-12-10-8-6-4-2/h12,14,18-19,22,24,64,68,73-74,78-79H,3-11,13,15-17,20-21,23,25-63,65-67,69-72H2,1-2H3,(H,77,80)/b14-12-,19-18-,24-22-,68-64+. The fourth-order valence-corrected chi connectivity index (χ4v) is 11.4. The van der Waals surface area contributed by atoms with Crippen molar-refractivity contribution in [2.75, 3.05) is 13.2 Å². The molecule has 0 aliphatic heterocycles. The van der Waals surface area contributed by atoms with Crippen LogP contribution < -0.4 is 5.32 Å². The molecule has 6 heteroatoms. The molecule has 1 amide bonds. The van der Waals surface area contributed by atoms with Crippen LogP contribution in [0.2, 0.25) is 0 Å². The number of hydrogen-bond donors (Lipinski definition) is 3. The van der Waals surface area contributed by atoms with Gasteiger partial charge in [-0.15, -0.1) is 0 Å². The molecular formula is C76H143NO5.